The third-order valence-corrected chi connectivity index (χ3v) is 8.59. The van der Waals surface area contributed by atoms with Gasteiger partial charge in [0.15, 0.2) is 11.2 Å². The van der Waals surface area contributed by atoms with Gasteiger partial charge < -0.3 is 13.7 Å². The Labute approximate surface area is 250 Å². The number of ether oxygens (including phenoxy) is 1. The van der Waals surface area contributed by atoms with Gasteiger partial charge in [0.1, 0.15) is 22.9 Å². The molecular weight excluding hydrogens is 584 g/mol. The first kappa shape index (κ1) is 28.4. The summed E-state index contributed by atoms with van der Waals surface area (Å²) in [7, 11) is 1.50. The Bertz CT molecular complexity index is 1830. The van der Waals surface area contributed by atoms with E-state index in [1.54, 1.807) is 31.3 Å². The molecule has 0 aliphatic heterocycles. The summed E-state index contributed by atoms with van der Waals surface area (Å²) in [4.78, 5) is 30.4. The number of aromatic amines is 1. The Kier molecular flexibility index (Phi) is 7.59. The molecule has 0 bridgehead atoms. The monoisotopic (exact) mass is 611 g/mol. The summed E-state index contributed by atoms with van der Waals surface area (Å²) < 4.78 is 28.8. The van der Waals surface area contributed by atoms with Crippen LogP contribution in [0.5, 0.6) is 0 Å². The van der Waals surface area contributed by atoms with Crippen LogP contribution in [0.1, 0.15) is 50.9 Å². The highest BCUT2D eigenvalue weighted by molar-refractivity contribution is 6.31. The molecule has 1 saturated carbocycles. The maximum atomic E-state index is 15.6. The molecule has 42 heavy (non-hydrogen) atoms. The van der Waals surface area contributed by atoms with E-state index in [9.17, 15) is 4.79 Å². The zero-order valence-corrected chi connectivity index (χ0v) is 24.7. The predicted octanol–water partition coefficient (Wildman–Crippen LogP) is 6.41. The zero-order valence-electron chi connectivity index (χ0n) is 23.2. The topological polar surface area (TPSA) is 125 Å². The Hall–Kier alpha value is -3.67. The number of imidazole rings is 1. The molecule has 218 valence electrons. The lowest BCUT2D eigenvalue weighted by molar-refractivity contribution is 0.0248. The van der Waals surface area contributed by atoms with Crippen LogP contribution in [0.15, 0.2) is 45.9 Å². The van der Waals surface area contributed by atoms with E-state index in [-0.39, 0.29) is 27.9 Å². The summed E-state index contributed by atoms with van der Waals surface area (Å²) in [6, 6.07) is 6.52. The molecule has 1 unspecified atom stereocenters. The quantitative estimate of drug-likeness (QED) is 0.224. The van der Waals surface area contributed by atoms with Gasteiger partial charge in [-0.15, -0.1) is 5.10 Å². The minimum atomic E-state index is -1.36. The van der Waals surface area contributed by atoms with Crippen molar-refractivity contribution in [2.75, 3.05) is 7.11 Å². The van der Waals surface area contributed by atoms with Crippen molar-refractivity contribution in [1.29, 1.82) is 0 Å². The van der Waals surface area contributed by atoms with E-state index in [1.807, 2.05) is 4.57 Å². The zero-order chi connectivity index (χ0) is 29.6. The van der Waals surface area contributed by atoms with Crippen LogP contribution in [0.4, 0.5) is 4.39 Å². The van der Waals surface area contributed by atoms with Crippen molar-refractivity contribution in [2.24, 2.45) is 11.8 Å². The normalized spacial score (nSPS) is 18.8. The molecular formula is C29H28Cl2FN7O3. The van der Waals surface area contributed by atoms with Gasteiger partial charge in [-0.3, -0.25) is 4.98 Å². The van der Waals surface area contributed by atoms with E-state index >= 15 is 4.39 Å². The highest BCUT2D eigenvalue weighted by Gasteiger charge is 2.39. The number of rotatable bonds is 7. The predicted molar refractivity (Wildman–Crippen MR) is 156 cm³/mol. The fourth-order valence-electron chi connectivity index (χ4n) is 5.71. The molecule has 1 atom stereocenters. The summed E-state index contributed by atoms with van der Waals surface area (Å²) in [5.41, 5.74) is 0.769. The summed E-state index contributed by atoms with van der Waals surface area (Å²) in [5.74, 6) is -0.00763. The number of H-pyrrole nitrogens is 1. The van der Waals surface area contributed by atoms with Crippen LogP contribution in [0.2, 0.25) is 10.0 Å². The number of pyridine rings is 1. The summed E-state index contributed by atoms with van der Waals surface area (Å²) in [6.07, 6.45) is 7.43. The molecule has 1 aromatic carbocycles. The molecule has 0 amide bonds. The van der Waals surface area contributed by atoms with Crippen LogP contribution in [0, 0.1) is 17.7 Å². The van der Waals surface area contributed by atoms with Crippen molar-refractivity contribution in [3.8, 4) is 23.0 Å². The molecule has 4 aromatic heterocycles. The number of nitrogens with one attached hydrogen (secondary N) is 1. The Morgan fingerprint density at radius 1 is 1.17 bits per heavy atom. The number of methoxy groups -OCH3 is 1. The molecule has 4 heterocycles. The first-order valence-corrected chi connectivity index (χ1v) is 14.4. The van der Waals surface area contributed by atoms with Gasteiger partial charge in [-0.2, -0.15) is 0 Å². The van der Waals surface area contributed by atoms with Gasteiger partial charge >= 0.3 is 5.76 Å². The lowest BCUT2D eigenvalue weighted by Gasteiger charge is -2.32. The van der Waals surface area contributed by atoms with Crippen molar-refractivity contribution >= 4 is 34.4 Å². The van der Waals surface area contributed by atoms with Crippen LogP contribution < -0.4 is 5.76 Å². The van der Waals surface area contributed by atoms with E-state index in [0.717, 1.165) is 25.7 Å². The maximum Gasteiger partial charge on any atom is 0.434 e. The molecule has 1 aliphatic rings. The number of benzene rings is 1. The van der Waals surface area contributed by atoms with Crippen LogP contribution >= 0.6 is 23.2 Å². The van der Waals surface area contributed by atoms with Gasteiger partial charge in [0, 0.05) is 37.2 Å². The van der Waals surface area contributed by atoms with Gasteiger partial charge in [-0.25, -0.2) is 29.2 Å². The van der Waals surface area contributed by atoms with Gasteiger partial charge in [-0.05, 0) is 43.7 Å². The first-order valence-electron chi connectivity index (χ1n) is 13.6. The molecule has 0 radical (unpaired) electrons. The Morgan fingerprint density at radius 3 is 2.64 bits per heavy atom. The summed E-state index contributed by atoms with van der Waals surface area (Å²) in [6.45, 7) is 4.59. The van der Waals surface area contributed by atoms with Crippen LogP contribution in [0.25, 0.3) is 34.1 Å². The summed E-state index contributed by atoms with van der Waals surface area (Å²) >= 11 is 12.6. The van der Waals surface area contributed by atoms with E-state index in [2.05, 4.69) is 27.1 Å². The van der Waals surface area contributed by atoms with Crippen molar-refractivity contribution in [3.63, 3.8) is 0 Å². The lowest BCUT2D eigenvalue weighted by atomic mass is 9.83. The van der Waals surface area contributed by atoms with Gasteiger partial charge in [0.2, 0.25) is 5.82 Å². The minimum Gasteiger partial charge on any atom is -0.384 e. The second-order valence-electron chi connectivity index (χ2n) is 10.9. The van der Waals surface area contributed by atoms with Crippen molar-refractivity contribution in [3.05, 3.63) is 74.5 Å². The standard InChI is InChI=1S/C29H28Cl2FN7O3/c1-15-7-9-16(10-8-15)14-39-23-22(17-11-18(30)13-33-12-17)34-25(26-37-38-28(40)42-26)35-24(23)36-27(39)29(2,41-3)19-5-4-6-20(31)21(19)32/h4-6,11-13,15-16H,7-10,14H2,1-3H3,(H,38,40). The SMILES string of the molecule is COC(C)(c1cccc(Cl)c1F)c1nc2nc(-c3n[nH]c(=O)o3)nc(-c3cncc(Cl)c3)c2n1CC1CCC(C)CC1. The van der Waals surface area contributed by atoms with Crippen molar-refractivity contribution in [2.45, 2.75) is 51.7 Å². The molecule has 1 aliphatic carbocycles. The minimum absolute atomic E-state index is 0.0268. The van der Waals surface area contributed by atoms with Crippen molar-refractivity contribution in [1.82, 2.24) is 34.7 Å². The smallest absolute Gasteiger partial charge is 0.384 e. The number of halogens is 3. The van der Waals surface area contributed by atoms with E-state index < -0.39 is 17.2 Å². The lowest BCUT2D eigenvalue weighted by Crippen LogP contribution is -2.32. The first-order chi connectivity index (χ1) is 20.2. The molecule has 0 saturated heterocycles. The van der Waals surface area contributed by atoms with Crippen molar-refractivity contribution < 1.29 is 13.5 Å². The van der Waals surface area contributed by atoms with Crippen LogP contribution in [0.3, 0.4) is 0 Å². The van der Waals surface area contributed by atoms with Crippen LogP contribution in [-0.2, 0) is 16.9 Å². The van der Waals surface area contributed by atoms with E-state index in [1.165, 1.54) is 19.4 Å². The molecule has 5 aromatic rings. The number of hydrogen-bond donors (Lipinski definition) is 1. The summed E-state index contributed by atoms with van der Waals surface area (Å²) in [5, 5.41) is 6.53. The largest absolute Gasteiger partial charge is 0.434 e. The van der Waals surface area contributed by atoms with E-state index in [4.69, 9.17) is 42.3 Å². The van der Waals surface area contributed by atoms with Crippen LogP contribution in [-0.4, -0.2) is 41.8 Å². The number of nitrogens with zero attached hydrogens (tertiary/aromatic N) is 6. The average molecular weight is 612 g/mol. The second-order valence-corrected chi connectivity index (χ2v) is 11.7. The molecule has 10 nitrogen and oxygen atoms in total. The third-order valence-electron chi connectivity index (χ3n) is 8.09. The number of hydrogen-bond acceptors (Lipinski definition) is 8. The van der Waals surface area contributed by atoms with E-state index in [0.29, 0.717) is 46.0 Å². The average Bonchev–Trinajstić information content (AvgIpc) is 3.58. The molecule has 0 spiro atoms. The van der Waals surface area contributed by atoms with Gasteiger partial charge in [-0.1, -0.05) is 55.1 Å². The third kappa shape index (κ3) is 5.10. The van der Waals surface area contributed by atoms with Gasteiger partial charge in [0.25, 0.3) is 5.89 Å². The van der Waals surface area contributed by atoms with Gasteiger partial charge in [0.05, 0.1) is 10.0 Å². The highest BCUT2D eigenvalue weighted by atomic mass is 35.5. The Morgan fingerprint density at radius 2 is 1.95 bits per heavy atom. The number of fused-ring (bicyclic) bond motifs is 1. The fourth-order valence-corrected chi connectivity index (χ4v) is 6.05. The Balaban J connectivity index is 1.66. The molecule has 1 fully saturated rings. The fraction of sp³-hybridized carbons (Fsp3) is 0.379. The number of aromatic nitrogens is 7. The molecule has 6 rings (SSSR count). The highest BCUT2D eigenvalue weighted by Crippen LogP contribution is 2.41. The maximum absolute atomic E-state index is 15.6. The second kappa shape index (κ2) is 11.2. The molecule has 13 heteroatoms. The molecule has 1 N–H and O–H groups in total.